The van der Waals surface area contributed by atoms with Crippen LogP contribution in [0.15, 0.2) is 58.7 Å². The second kappa shape index (κ2) is 7.23. The molecule has 0 aliphatic carbocycles. The second-order valence-electron chi connectivity index (χ2n) is 4.92. The quantitative estimate of drug-likeness (QED) is 0.473. The van der Waals surface area contributed by atoms with E-state index in [9.17, 15) is 20.2 Å². The third kappa shape index (κ3) is 3.67. The molecule has 24 heavy (non-hydrogen) atoms. The van der Waals surface area contributed by atoms with Gasteiger partial charge in [0.15, 0.2) is 0 Å². The first-order chi connectivity index (χ1) is 11.4. The topological polar surface area (TPSA) is 111 Å². The van der Waals surface area contributed by atoms with Crippen LogP contribution in [-0.4, -0.2) is 21.3 Å². The molecule has 0 radical (unpaired) electrons. The minimum atomic E-state index is -0.493. The number of hydrogen-bond acceptors (Lipinski definition) is 6. The molecule has 0 aliphatic rings. The maximum Gasteiger partial charge on any atom is 0.278 e. The zero-order chi connectivity index (χ0) is 17.7. The summed E-state index contributed by atoms with van der Waals surface area (Å²) in [5, 5.41) is 30.1. The van der Waals surface area contributed by atoms with Crippen LogP contribution in [0.5, 0.6) is 0 Å². The number of rotatable bonds is 5. The van der Waals surface area contributed by atoms with Crippen LogP contribution in [0.1, 0.15) is 25.0 Å². The molecule has 0 aliphatic heterocycles. The summed E-state index contributed by atoms with van der Waals surface area (Å²) in [7, 11) is 0. The Balaban J connectivity index is 2.41. The monoisotopic (exact) mass is 326 g/mol. The molecule has 0 aromatic heterocycles. The molecule has 0 heterocycles. The van der Waals surface area contributed by atoms with Crippen molar-refractivity contribution in [1.29, 1.82) is 0 Å². The third-order valence-electron chi connectivity index (χ3n) is 3.33. The standard InChI is InChI=1S/C16H14N4O4/c1-11(13-7-3-5-9-15(13)19(21)22)17-18-12(2)14-8-4-6-10-16(14)20(23)24/h3-10H,1-2H3. The van der Waals surface area contributed by atoms with Crippen molar-refractivity contribution < 1.29 is 9.85 Å². The largest absolute Gasteiger partial charge is 0.278 e. The van der Waals surface area contributed by atoms with E-state index >= 15 is 0 Å². The van der Waals surface area contributed by atoms with Crippen LogP contribution in [0.25, 0.3) is 0 Å². The summed E-state index contributed by atoms with van der Waals surface area (Å²) in [5.74, 6) is 0. The summed E-state index contributed by atoms with van der Waals surface area (Å²) in [5.41, 5.74) is 1.25. The van der Waals surface area contributed by atoms with Gasteiger partial charge < -0.3 is 0 Å². The van der Waals surface area contributed by atoms with Crippen LogP contribution in [0.4, 0.5) is 11.4 Å². The van der Waals surface area contributed by atoms with E-state index in [0.717, 1.165) is 0 Å². The van der Waals surface area contributed by atoms with E-state index in [1.165, 1.54) is 12.1 Å². The van der Waals surface area contributed by atoms with Crippen LogP contribution >= 0.6 is 0 Å². The van der Waals surface area contributed by atoms with Crippen molar-refractivity contribution in [2.75, 3.05) is 0 Å². The highest BCUT2D eigenvalue weighted by molar-refractivity contribution is 6.05. The van der Waals surface area contributed by atoms with Gasteiger partial charge in [-0.25, -0.2) is 0 Å². The van der Waals surface area contributed by atoms with Crippen molar-refractivity contribution in [1.82, 2.24) is 0 Å². The summed E-state index contributed by atoms with van der Waals surface area (Å²) in [6, 6.07) is 12.4. The van der Waals surface area contributed by atoms with Gasteiger partial charge in [-0.15, -0.1) is 0 Å². The average Bonchev–Trinajstić information content (AvgIpc) is 2.59. The Morgan fingerprint density at radius 1 is 0.750 bits per heavy atom. The molecule has 2 aromatic rings. The van der Waals surface area contributed by atoms with Crippen molar-refractivity contribution in [3.8, 4) is 0 Å². The third-order valence-corrected chi connectivity index (χ3v) is 3.33. The maximum atomic E-state index is 11.0. The first kappa shape index (κ1) is 16.9. The minimum absolute atomic E-state index is 0.0719. The normalized spacial score (nSPS) is 12.1. The van der Waals surface area contributed by atoms with Crippen LogP contribution in [0.2, 0.25) is 0 Å². The lowest BCUT2D eigenvalue weighted by Crippen LogP contribution is -2.03. The van der Waals surface area contributed by atoms with Crippen LogP contribution in [0.3, 0.4) is 0 Å². The molecule has 0 saturated carbocycles. The summed E-state index contributed by atoms with van der Waals surface area (Å²) in [6.07, 6.45) is 0. The highest BCUT2D eigenvalue weighted by Crippen LogP contribution is 2.20. The Morgan fingerprint density at radius 2 is 1.08 bits per heavy atom. The smallest absolute Gasteiger partial charge is 0.258 e. The predicted molar refractivity (Wildman–Crippen MR) is 90.6 cm³/mol. The molecule has 0 amide bonds. The van der Waals surface area contributed by atoms with E-state index in [-0.39, 0.29) is 11.4 Å². The van der Waals surface area contributed by atoms with Crippen molar-refractivity contribution in [2.24, 2.45) is 10.2 Å². The lowest BCUT2D eigenvalue weighted by Gasteiger charge is -2.02. The van der Waals surface area contributed by atoms with Crippen molar-refractivity contribution in [3.05, 3.63) is 79.9 Å². The van der Waals surface area contributed by atoms with Gasteiger partial charge in [-0.3, -0.25) is 20.2 Å². The van der Waals surface area contributed by atoms with Crippen molar-refractivity contribution in [2.45, 2.75) is 13.8 Å². The molecule has 0 spiro atoms. The summed E-state index contributed by atoms with van der Waals surface area (Å²) >= 11 is 0. The number of benzene rings is 2. The zero-order valence-corrected chi connectivity index (χ0v) is 13.0. The molecule has 0 atom stereocenters. The van der Waals surface area contributed by atoms with Gasteiger partial charge in [0.25, 0.3) is 11.4 Å². The number of nitro benzene ring substituents is 2. The fourth-order valence-electron chi connectivity index (χ4n) is 2.14. The highest BCUT2D eigenvalue weighted by atomic mass is 16.6. The van der Waals surface area contributed by atoms with Gasteiger partial charge >= 0.3 is 0 Å². The zero-order valence-electron chi connectivity index (χ0n) is 13.0. The van der Waals surface area contributed by atoms with Gasteiger partial charge in [0.2, 0.25) is 0 Å². The number of hydrogen-bond donors (Lipinski definition) is 0. The highest BCUT2D eigenvalue weighted by Gasteiger charge is 2.16. The Hall–Kier alpha value is -3.42. The summed E-state index contributed by atoms with van der Waals surface area (Å²) in [6.45, 7) is 3.19. The molecule has 2 rings (SSSR count). The summed E-state index contributed by atoms with van der Waals surface area (Å²) < 4.78 is 0. The van der Waals surface area contributed by atoms with Gasteiger partial charge in [0.1, 0.15) is 0 Å². The van der Waals surface area contributed by atoms with Crippen molar-refractivity contribution in [3.63, 3.8) is 0 Å². The van der Waals surface area contributed by atoms with Gasteiger partial charge in [-0.05, 0) is 26.0 Å². The van der Waals surface area contributed by atoms with Gasteiger partial charge in [0, 0.05) is 12.1 Å². The molecule has 0 N–H and O–H groups in total. The maximum absolute atomic E-state index is 11.0. The van der Waals surface area contributed by atoms with Gasteiger partial charge in [-0.1, -0.05) is 24.3 Å². The molecule has 0 fully saturated rings. The summed E-state index contributed by atoms with van der Waals surface area (Å²) in [4.78, 5) is 21.1. The SMILES string of the molecule is CC(=NN=C(C)c1ccccc1[N+](=O)[O-])c1ccccc1[N+](=O)[O-]. The molecule has 0 unspecified atom stereocenters. The Kier molecular flexibility index (Phi) is 5.10. The number of para-hydroxylation sites is 2. The van der Waals surface area contributed by atoms with E-state index in [1.807, 2.05) is 0 Å². The van der Waals surface area contributed by atoms with Gasteiger partial charge in [0.05, 0.1) is 32.4 Å². The first-order valence-corrected chi connectivity index (χ1v) is 6.98. The van der Waals surface area contributed by atoms with E-state index < -0.39 is 9.85 Å². The number of nitro groups is 2. The Bertz CT molecular complexity index is 787. The first-order valence-electron chi connectivity index (χ1n) is 6.98. The Labute approximate surface area is 137 Å². The van der Waals surface area contributed by atoms with Crippen molar-refractivity contribution >= 4 is 22.8 Å². The van der Waals surface area contributed by atoms with E-state index in [4.69, 9.17) is 0 Å². The second-order valence-corrected chi connectivity index (χ2v) is 4.92. The minimum Gasteiger partial charge on any atom is -0.258 e. The lowest BCUT2D eigenvalue weighted by molar-refractivity contribution is -0.385. The molecule has 8 nitrogen and oxygen atoms in total. The molecular weight excluding hydrogens is 312 g/mol. The molecule has 0 bridgehead atoms. The fraction of sp³-hybridized carbons (Fsp3) is 0.125. The Morgan fingerprint density at radius 3 is 1.42 bits per heavy atom. The van der Waals surface area contributed by atoms with Crippen LogP contribution < -0.4 is 0 Å². The van der Waals surface area contributed by atoms with E-state index in [0.29, 0.717) is 22.6 Å². The molecule has 8 heteroatoms. The van der Waals surface area contributed by atoms with E-state index in [1.54, 1.807) is 50.2 Å². The molecule has 2 aromatic carbocycles. The molecule has 0 saturated heterocycles. The molecular formula is C16H14N4O4. The average molecular weight is 326 g/mol. The van der Waals surface area contributed by atoms with E-state index in [2.05, 4.69) is 10.2 Å². The van der Waals surface area contributed by atoms with Crippen LogP contribution in [-0.2, 0) is 0 Å². The predicted octanol–water partition coefficient (Wildman–Crippen LogP) is 3.74. The van der Waals surface area contributed by atoms with Gasteiger partial charge in [-0.2, -0.15) is 10.2 Å². The van der Waals surface area contributed by atoms with Crippen LogP contribution in [0, 0.1) is 20.2 Å². The lowest BCUT2D eigenvalue weighted by atomic mass is 10.1. The fourth-order valence-corrected chi connectivity index (χ4v) is 2.14. The molecule has 122 valence electrons. The number of nitrogens with zero attached hydrogens (tertiary/aromatic N) is 4.